The van der Waals surface area contributed by atoms with Gasteiger partial charge >= 0.3 is 6.03 Å². The second kappa shape index (κ2) is 10.4. The molecule has 1 aliphatic heterocycles. The van der Waals surface area contributed by atoms with Crippen molar-refractivity contribution in [1.82, 2.24) is 14.6 Å². The Labute approximate surface area is 181 Å². The topological polar surface area (TPSA) is 100 Å². The lowest BCUT2D eigenvalue weighted by Gasteiger charge is -2.14. The molecule has 0 bridgehead atoms. The Hall–Kier alpha value is -1.33. The summed E-state index contributed by atoms with van der Waals surface area (Å²) in [5.74, 6) is 0.0218. The molecule has 11 heteroatoms. The maximum atomic E-state index is 12.1. The van der Waals surface area contributed by atoms with E-state index in [2.05, 4.69) is 19.9 Å². The molecule has 7 nitrogen and oxygen atoms in total. The highest BCUT2D eigenvalue weighted by Gasteiger charge is 2.21. The second-order valence-electron chi connectivity index (χ2n) is 6.33. The summed E-state index contributed by atoms with van der Waals surface area (Å²) in [5.41, 5.74) is 5.77. The normalized spacial score (nSPS) is 14.3. The van der Waals surface area contributed by atoms with Gasteiger partial charge < -0.3 is 16.0 Å². The van der Waals surface area contributed by atoms with E-state index in [0.717, 1.165) is 42.5 Å². The molecule has 2 aromatic rings. The van der Waals surface area contributed by atoms with Crippen LogP contribution in [0.3, 0.4) is 0 Å². The first-order valence-electron chi connectivity index (χ1n) is 8.96. The fraction of sp³-hybridized carbons (Fsp3) is 0.471. The summed E-state index contributed by atoms with van der Waals surface area (Å²) >= 11 is 9.88. The average Bonchev–Trinajstić information content (AvgIpc) is 3.38. The summed E-state index contributed by atoms with van der Waals surface area (Å²) in [6.45, 7) is 3.86. The molecule has 1 aliphatic rings. The third-order valence-electron chi connectivity index (χ3n) is 4.25. The summed E-state index contributed by atoms with van der Waals surface area (Å²) < 4.78 is 5.00. The number of primary amides is 1. The van der Waals surface area contributed by atoms with Crippen molar-refractivity contribution in [3.63, 3.8) is 0 Å². The van der Waals surface area contributed by atoms with Crippen LogP contribution < -0.4 is 16.4 Å². The molecule has 0 radical (unpaired) electrons. The standard InChI is InChI=1S/C17H22ClN5O2S3/c18-12-5-4-11(27-12)10-26-16-13(14(19)24)15(28-22-16)21-17(25)20-6-3-9-23-7-1-2-8-23/h4-5H,1-3,6-10H2,(H2,19,24)(H2,20,21,25). The van der Waals surface area contributed by atoms with Gasteiger partial charge in [-0.25, -0.2) is 4.79 Å². The smallest absolute Gasteiger partial charge is 0.319 e. The van der Waals surface area contributed by atoms with Crippen LogP contribution in [0.5, 0.6) is 0 Å². The van der Waals surface area contributed by atoms with Gasteiger partial charge in [0.05, 0.1) is 4.34 Å². The van der Waals surface area contributed by atoms with Crippen LogP contribution in [0.15, 0.2) is 17.2 Å². The molecular weight excluding hydrogens is 438 g/mol. The molecule has 3 heterocycles. The lowest BCUT2D eigenvalue weighted by atomic mass is 10.3. The van der Waals surface area contributed by atoms with E-state index in [1.54, 1.807) is 0 Å². The number of urea groups is 1. The van der Waals surface area contributed by atoms with Crippen LogP contribution in [0.1, 0.15) is 34.5 Å². The molecule has 0 aliphatic carbocycles. The number of nitrogens with zero attached hydrogens (tertiary/aromatic N) is 2. The first-order valence-corrected chi connectivity index (χ1v) is 11.9. The Morgan fingerprint density at radius 1 is 1.32 bits per heavy atom. The molecule has 0 aromatic carbocycles. The minimum Gasteiger partial charge on any atom is -0.365 e. The number of aromatic nitrogens is 1. The molecule has 1 saturated heterocycles. The van der Waals surface area contributed by atoms with E-state index in [1.165, 1.54) is 35.9 Å². The number of hydrogen-bond acceptors (Lipinski definition) is 7. The van der Waals surface area contributed by atoms with Crippen molar-refractivity contribution in [3.05, 3.63) is 26.9 Å². The Bertz CT molecular complexity index is 820. The predicted molar refractivity (Wildman–Crippen MR) is 117 cm³/mol. The molecule has 2 aromatic heterocycles. The summed E-state index contributed by atoms with van der Waals surface area (Å²) in [5, 5.41) is 6.42. The first-order chi connectivity index (χ1) is 13.5. The van der Waals surface area contributed by atoms with Crippen LogP contribution in [0.25, 0.3) is 0 Å². The Kier molecular flexibility index (Phi) is 7.98. The largest absolute Gasteiger partial charge is 0.365 e. The Morgan fingerprint density at radius 2 is 2.11 bits per heavy atom. The van der Waals surface area contributed by atoms with Gasteiger partial charge in [0.15, 0.2) is 0 Å². The molecule has 3 amide bonds. The van der Waals surface area contributed by atoms with E-state index >= 15 is 0 Å². The van der Waals surface area contributed by atoms with Gasteiger partial charge in [-0.2, -0.15) is 4.37 Å². The lowest BCUT2D eigenvalue weighted by Crippen LogP contribution is -2.32. The first kappa shape index (κ1) is 21.4. The third kappa shape index (κ3) is 6.08. The zero-order valence-electron chi connectivity index (χ0n) is 15.2. The fourth-order valence-electron chi connectivity index (χ4n) is 2.90. The number of thiophene rings is 1. The number of anilines is 1. The van der Waals surface area contributed by atoms with Crippen LogP contribution >= 0.6 is 46.2 Å². The van der Waals surface area contributed by atoms with Gasteiger partial charge in [-0.05, 0) is 62.6 Å². The highest BCUT2D eigenvalue weighted by molar-refractivity contribution is 7.98. The average molecular weight is 460 g/mol. The zero-order chi connectivity index (χ0) is 19.9. The number of nitrogens with two attached hydrogens (primary N) is 1. The third-order valence-corrected chi connectivity index (χ3v) is 7.57. The summed E-state index contributed by atoms with van der Waals surface area (Å²) in [6, 6.07) is 3.42. The molecule has 152 valence electrons. The van der Waals surface area contributed by atoms with Crippen molar-refractivity contribution >= 4 is 63.2 Å². The van der Waals surface area contributed by atoms with Gasteiger partial charge in [-0.3, -0.25) is 10.1 Å². The molecule has 28 heavy (non-hydrogen) atoms. The quantitative estimate of drug-likeness (QED) is 0.390. The molecule has 3 rings (SSSR count). The molecular formula is C17H22ClN5O2S3. The molecule has 0 unspecified atom stereocenters. The lowest BCUT2D eigenvalue weighted by molar-refractivity contribution is 0.0998. The van der Waals surface area contributed by atoms with Crippen molar-refractivity contribution in [2.24, 2.45) is 5.73 Å². The van der Waals surface area contributed by atoms with Crippen molar-refractivity contribution in [3.8, 4) is 0 Å². The second-order valence-corrected chi connectivity index (χ2v) is 9.87. The van der Waals surface area contributed by atoms with Crippen molar-refractivity contribution in [2.45, 2.75) is 30.0 Å². The highest BCUT2D eigenvalue weighted by atomic mass is 35.5. The number of thioether (sulfide) groups is 1. The molecule has 4 N–H and O–H groups in total. The van der Waals surface area contributed by atoms with E-state index in [4.69, 9.17) is 17.3 Å². The van der Waals surface area contributed by atoms with Gasteiger partial charge in [0.1, 0.15) is 15.6 Å². The van der Waals surface area contributed by atoms with Crippen LogP contribution in [-0.4, -0.2) is 47.4 Å². The number of carbonyl (C=O) groups is 2. The number of hydrogen-bond donors (Lipinski definition) is 3. The number of amides is 3. The highest BCUT2D eigenvalue weighted by Crippen LogP contribution is 2.35. The van der Waals surface area contributed by atoms with Gasteiger partial charge in [0, 0.05) is 17.2 Å². The van der Waals surface area contributed by atoms with Crippen molar-refractivity contribution in [1.29, 1.82) is 0 Å². The zero-order valence-corrected chi connectivity index (χ0v) is 18.4. The van der Waals surface area contributed by atoms with Gasteiger partial charge in [0.25, 0.3) is 5.91 Å². The van der Waals surface area contributed by atoms with Gasteiger partial charge in [0.2, 0.25) is 0 Å². The molecule has 0 spiro atoms. The Morgan fingerprint density at radius 3 is 2.79 bits per heavy atom. The molecule has 0 atom stereocenters. The van der Waals surface area contributed by atoms with E-state index in [-0.39, 0.29) is 11.6 Å². The van der Waals surface area contributed by atoms with Crippen LogP contribution in [0.4, 0.5) is 9.80 Å². The fourth-order valence-corrected chi connectivity index (χ4v) is 6.00. The minimum atomic E-state index is -0.607. The van der Waals surface area contributed by atoms with E-state index < -0.39 is 5.91 Å². The molecule has 1 fully saturated rings. The van der Waals surface area contributed by atoms with Gasteiger partial charge in [-0.1, -0.05) is 23.4 Å². The predicted octanol–water partition coefficient (Wildman–Crippen LogP) is 3.86. The van der Waals surface area contributed by atoms with E-state index in [9.17, 15) is 9.59 Å². The van der Waals surface area contributed by atoms with Crippen molar-refractivity contribution < 1.29 is 9.59 Å². The monoisotopic (exact) mass is 459 g/mol. The SMILES string of the molecule is NC(=O)c1c(SCc2ccc(Cl)s2)nsc1NC(=O)NCCCN1CCCC1. The Balaban J connectivity index is 1.50. The van der Waals surface area contributed by atoms with Crippen LogP contribution in [-0.2, 0) is 5.75 Å². The summed E-state index contributed by atoms with van der Waals surface area (Å²) in [4.78, 5) is 27.5. The maximum Gasteiger partial charge on any atom is 0.319 e. The number of likely N-dealkylation sites (tertiary alicyclic amines) is 1. The van der Waals surface area contributed by atoms with Crippen LogP contribution in [0.2, 0.25) is 4.34 Å². The van der Waals surface area contributed by atoms with Crippen LogP contribution in [0, 0.1) is 0 Å². The molecule has 0 saturated carbocycles. The van der Waals surface area contributed by atoms with Gasteiger partial charge in [-0.15, -0.1) is 11.3 Å². The van der Waals surface area contributed by atoms with Crippen molar-refractivity contribution in [2.75, 3.05) is 31.5 Å². The minimum absolute atomic E-state index is 0.255. The maximum absolute atomic E-state index is 12.1. The number of nitrogens with one attached hydrogen (secondary N) is 2. The number of carbonyl (C=O) groups excluding carboxylic acids is 2. The summed E-state index contributed by atoms with van der Waals surface area (Å²) in [6.07, 6.45) is 3.41. The summed E-state index contributed by atoms with van der Waals surface area (Å²) in [7, 11) is 0. The van der Waals surface area contributed by atoms with E-state index in [0.29, 0.717) is 26.7 Å². The number of halogens is 1. The van der Waals surface area contributed by atoms with E-state index in [1.807, 2.05) is 12.1 Å². The number of rotatable bonds is 9.